The predicted octanol–water partition coefficient (Wildman–Crippen LogP) is 2.09. The second-order valence-corrected chi connectivity index (χ2v) is 7.38. The molecule has 0 unspecified atom stereocenters. The van der Waals surface area contributed by atoms with E-state index in [1.54, 1.807) is 13.1 Å². The molecular weight excluding hydrogens is 342 g/mol. The van der Waals surface area contributed by atoms with Crippen LogP contribution in [0.5, 0.6) is 0 Å². The third-order valence-corrected chi connectivity index (χ3v) is 5.93. The smallest absolute Gasteiger partial charge is 0.329 e. The van der Waals surface area contributed by atoms with Crippen molar-refractivity contribution >= 4 is 33.4 Å². The van der Waals surface area contributed by atoms with Crippen LogP contribution in [0, 0.1) is 0 Å². The number of carboxylic acid groups (broad SMARTS) is 1. The molecule has 0 saturated heterocycles. The van der Waals surface area contributed by atoms with E-state index < -0.39 is 11.5 Å². The molecule has 3 rings (SSSR count). The Labute approximate surface area is 148 Å². The number of rotatable bonds is 5. The van der Waals surface area contributed by atoms with Gasteiger partial charge in [-0.05, 0) is 24.3 Å². The number of carbonyl (C=O) groups is 2. The van der Waals surface area contributed by atoms with E-state index in [0.717, 1.165) is 19.3 Å². The zero-order valence-electron chi connectivity index (χ0n) is 14.1. The summed E-state index contributed by atoms with van der Waals surface area (Å²) in [5, 5.41) is 12.0. The van der Waals surface area contributed by atoms with Crippen LogP contribution in [0.3, 0.4) is 0 Å². The Bertz CT molecular complexity index is 851. The summed E-state index contributed by atoms with van der Waals surface area (Å²) in [7, 11) is 1.56. The first kappa shape index (κ1) is 17.6. The second kappa shape index (κ2) is 6.95. The van der Waals surface area contributed by atoms with Crippen molar-refractivity contribution in [2.45, 2.75) is 50.6 Å². The maximum absolute atomic E-state index is 12.6. The number of thiophene rings is 1. The number of hydrogen-bond donors (Lipinski definition) is 1. The summed E-state index contributed by atoms with van der Waals surface area (Å²) in [6, 6.07) is 1.72. The van der Waals surface area contributed by atoms with Crippen LogP contribution in [0.1, 0.15) is 38.5 Å². The van der Waals surface area contributed by atoms with Gasteiger partial charge in [0.1, 0.15) is 10.4 Å². The molecule has 0 atom stereocenters. The molecule has 2 aromatic rings. The summed E-state index contributed by atoms with van der Waals surface area (Å²) < 4.78 is 1.41. The number of likely N-dealkylation sites (N-methyl/N-ethyl adjacent to an activating group) is 1. The third-order valence-electron chi connectivity index (χ3n) is 5.11. The Morgan fingerprint density at radius 3 is 2.76 bits per heavy atom. The SMILES string of the molecule is CN(C(=O)CCn1cnc2sccc2c1=O)C1(C(=O)O)CCCCC1. The van der Waals surface area contributed by atoms with Crippen LogP contribution >= 0.6 is 11.3 Å². The lowest BCUT2D eigenvalue weighted by molar-refractivity contribution is -0.160. The van der Waals surface area contributed by atoms with Crippen molar-refractivity contribution in [3.05, 3.63) is 28.1 Å². The van der Waals surface area contributed by atoms with Gasteiger partial charge in [-0.2, -0.15) is 0 Å². The Hall–Kier alpha value is -2.22. The fraction of sp³-hybridized carbons (Fsp3) is 0.529. The van der Waals surface area contributed by atoms with Gasteiger partial charge >= 0.3 is 5.97 Å². The Kier molecular flexibility index (Phi) is 4.89. The minimum atomic E-state index is -1.12. The van der Waals surface area contributed by atoms with Gasteiger partial charge in [0.15, 0.2) is 0 Å². The fourth-order valence-electron chi connectivity index (χ4n) is 3.50. The van der Waals surface area contributed by atoms with Crippen molar-refractivity contribution in [2.24, 2.45) is 0 Å². The first-order valence-electron chi connectivity index (χ1n) is 8.38. The normalized spacial score (nSPS) is 16.7. The number of aromatic nitrogens is 2. The van der Waals surface area contributed by atoms with Crippen LogP contribution in [0.4, 0.5) is 0 Å². The molecule has 0 spiro atoms. The van der Waals surface area contributed by atoms with Gasteiger partial charge in [-0.3, -0.25) is 14.2 Å². The highest BCUT2D eigenvalue weighted by molar-refractivity contribution is 7.16. The molecule has 8 heteroatoms. The van der Waals surface area contributed by atoms with Crippen molar-refractivity contribution in [3.8, 4) is 0 Å². The molecule has 0 radical (unpaired) electrons. The second-order valence-electron chi connectivity index (χ2n) is 6.48. The Balaban J connectivity index is 1.73. The first-order valence-corrected chi connectivity index (χ1v) is 9.26. The molecule has 1 fully saturated rings. The van der Waals surface area contributed by atoms with Crippen LogP contribution in [0.2, 0.25) is 0 Å². The lowest BCUT2D eigenvalue weighted by atomic mass is 9.80. The minimum absolute atomic E-state index is 0.0722. The van der Waals surface area contributed by atoms with E-state index >= 15 is 0 Å². The standard InChI is InChI=1S/C17H21N3O4S/c1-19(17(16(23)24)7-3-2-4-8-17)13(21)5-9-20-11-18-14-12(15(20)22)6-10-25-14/h6,10-11H,2-5,7-9H2,1H3,(H,23,24). The van der Waals surface area contributed by atoms with Crippen LogP contribution < -0.4 is 5.56 Å². The average Bonchev–Trinajstić information content (AvgIpc) is 3.10. The zero-order chi connectivity index (χ0) is 18.0. The molecule has 0 bridgehead atoms. The van der Waals surface area contributed by atoms with Gasteiger partial charge < -0.3 is 10.0 Å². The lowest BCUT2D eigenvalue weighted by Gasteiger charge is -2.41. The zero-order valence-corrected chi connectivity index (χ0v) is 14.9. The topological polar surface area (TPSA) is 92.5 Å². The number of fused-ring (bicyclic) bond motifs is 1. The molecule has 1 aliphatic carbocycles. The van der Waals surface area contributed by atoms with Crippen molar-refractivity contribution in [3.63, 3.8) is 0 Å². The van der Waals surface area contributed by atoms with Gasteiger partial charge in [0.2, 0.25) is 5.91 Å². The highest BCUT2D eigenvalue weighted by Gasteiger charge is 2.45. The van der Waals surface area contributed by atoms with Crippen molar-refractivity contribution in [2.75, 3.05) is 7.05 Å². The van der Waals surface area contributed by atoms with E-state index in [1.165, 1.54) is 27.1 Å². The molecule has 1 amide bonds. The number of carbonyl (C=O) groups excluding carboxylic acids is 1. The van der Waals surface area contributed by atoms with E-state index in [9.17, 15) is 19.5 Å². The Morgan fingerprint density at radius 2 is 2.08 bits per heavy atom. The van der Waals surface area contributed by atoms with E-state index in [4.69, 9.17) is 0 Å². The largest absolute Gasteiger partial charge is 0.479 e. The van der Waals surface area contributed by atoms with Crippen molar-refractivity contribution in [1.82, 2.24) is 14.5 Å². The number of carboxylic acids is 1. The number of amides is 1. The van der Waals surface area contributed by atoms with E-state index in [0.29, 0.717) is 23.1 Å². The highest BCUT2D eigenvalue weighted by Crippen LogP contribution is 2.33. The van der Waals surface area contributed by atoms with Crippen LogP contribution in [0.15, 0.2) is 22.6 Å². The van der Waals surface area contributed by atoms with Crippen molar-refractivity contribution in [1.29, 1.82) is 0 Å². The summed E-state index contributed by atoms with van der Waals surface area (Å²) in [6.45, 7) is 0.191. The monoisotopic (exact) mass is 363 g/mol. The maximum Gasteiger partial charge on any atom is 0.329 e. The maximum atomic E-state index is 12.6. The van der Waals surface area contributed by atoms with E-state index in [1.807, 2.05) is 5.38 Å². The van der Waals surface area contributed by atoms with Gasteiger partial charge in [-0.1, -0.05) is 19.3 Å². The molecule has 0 aromatic carbocycles. The van der Waals surface area contributed by atoms with Gasteiger partial charge in [0, 0.05) is 20.0 Å². The molecule has 134 valence electrons. The quantitative estimate of drug-likeness (QED) is 0.878. The summed E-state index contributed by atoms with van der Waals surface area (Å²) in [5.74, 6) is -1.21. The molecule has 25 heavy (non-hydrogen) atoms. The van der Waals surface area contributed by atoms with Crippen molar-refractivity contribution < 1.29 is 14.7 Å². The Morgan fingerprint density at radius 1 is 1.36 bits per heavy atom. The molecule has 2 heterocycles. The average molecular weight is 363 g/mol. The van der Waals surface area contributed by atoms with Crippen LogP contribution in [0.25, 0.3) is 10.2 Å². The molecule has 0 aliphatic heterocycles. The van der Waals surface area contributed by atoms with Crippen LogP contribution in [-0.4, -0.2) is 44.0 Å². The lowest BCUT2D eigenvalue weighted by Crippen LogP contribution is -2.56. The highest BCUT2D eigenvalue weighted by atomic mass is 32.1. The molecule has 7 nitrogen and oxygen atoms in total. The molecular formula is C17H21N3O4S. The third kappa shape index (κ3) is 3.18. The number of aliphatic carboxylic acids is 1. The fourth-order valence-corrected chi connectivity index (χ4v) is 4.23. The van der Waals surface area contributed by atoms with Gasteiger partial charge in [0.25, 0.3) is 5.56 Å². The molecule has 1 N–H and O–H groups in total. The number of hydrogen-bond acceptors (Lipinski definition) is 5. The van der Waals surface area contributed by atoms with E-state index in [-0.39, 0.29) is 24.4 Å². The van der Waals surface area contributed by atoms with Gasteiger partial charge in [-0.15, -0.1) is 11.3 Å². The summed E-state index contributed by atoms with van der Waals surface area (Å²) in [6.07, 6.45) is 5.09. The summed E-state index contributed by atoms with van der Waals surface area (Å²) >= 11 is 1.40. The minimum Gasteiger partial charge on any atom is -0.479 e. The van der Waals surface area contributed by atoms with E-state index in [2.05, 4.69) is 4.98 Å². The van der Waals surface area contributed by atoms with Gasteiger partial charge in [-0.25, -0.2) is 9.78 Å². The summed E-state index contributed by atoms with van der Waals surface area (Å²) in [5.41, 5.74) is -1.29. The van der Waals surface area contributed by atoms with Crippen LogP contribution in [-0.2, 0) is 16.1 Å². The number of nitrogens with zero attached hydrogens (tertiary/aromatic N) is 3. The predicted molar refractivity (Wildman–Crippen MR) is 94.7 cm³/mol. The molecule has 2 aromatic heterocycles. The molecule has 1 aliphatic rings. The first-order chi connectivity index (χ1) is 12.0. The van der Waals surface area contributed by atoms with Gasteiger partial charge in [0.05, 0.1) is 11.7 Å². The summed E-state index contributed by atoms with van der Waals surface area (Å²) in [4.78, 5) is 43.0. The molecule has 1 saturated carbocycles. The number of aryl methyl sites for hydroxylation is 1.